The fourth-order valence-electron chi connectivity index (χ4n) is 4.64. The highest BCUT2D eigenvalue weighted by Crippen LogP contribution is 2.40. The monoisotopic (exact) mass is 439 g/mol. The highest BCUT2D eigenvalue weighted by Gasteiger charge is 2.30. The van der Waals surface area contributed by atoms with Gasteiger partial charge in [0.25, 0.3) is 0 Å². The lowest BCUT2D eigenvalue weighted by Gasteiger charge is -2.28. The zero-order valence-corrected chi connectivity index (χ0v) is 17.6. The summed E-state index contributed by atoms with van der Waals surface area (Å²) >= 11 is 0. The molecule has 32 heavy (non-hydrogen) atoms. The van der Waals surface area contributed by atoms with Crippen LogP contribution in [0.5, 0.6) is 0 Å². The summed E-state index contributed by atoms with van der Waals surface area (Å²) in [5.41, 5.74) is 2.00. The molecule has 3 aromatic rings. The van der Waals surface area contributed by atoms with Gasteiger partial charge < -0.3 is 19.7 Å². The van der Waals surface area contributed by atoms with E-state index in [1.807, 2.05) is 11.5 Å². The number of hydrogen-bond acceptors (Lipinski definition) is 6. The molecule has 1 aromatic carbocycles. The lowest BCUT2D eigenvalue weighted by Crippen LogP contribution is -2.42. The standard InChI is InChI=1S/C23H23F2N5O2/c1-3-12-5-6-13-14(9-15(24)21-22(13)30(12)19(4-2)28-21)20-16(25)10-26-23(29-20)27-17-7-8-32-11-18(17)31/h1,9-10,12,17-18,31H,4-8,11H2,2H3,(H,26,27,29)/t12-,17?,18-/m1/s1. The molecule has 1 fully saturated rings. The summed E-state index contributed by atoms with van der Waals surface area (Å²) in [6.45, 7) is 2.64. The molecular formula is C23H23F2N5O2. The third-order valence-corrected chi connectivity index (χ3v) is 6.22. The van der Waals surface area contributed by atoms with Gasteiger partial charge in [0.05, 0.1) is 36.5 Å². The first kappa shape index (κ1) is 20.8. The number of aryl methyl sites for hydroxylation is 2. The second kappa shape index (κ2) is 8.11. The lowest BCUT2D eigenvalue weighted by atomic mass is 9.92. The molecule has 3 atom stereocenters. The minimum absolute atomic E-state index is 0.00445. The Morgan fingerprint density at radius 3 is 2.91 bits per heavy atom. The Kier molecular flexibility index (Phi) is 5.27. The summed E-state index contributed by atoms with van der Waals surface area (Å²) in [5, 5.41) is 13.2. The van der Waals surface area contributed by atoms with Gasteiger partial charge in [0.1, 0.15) is 17.0 Å². The van der Waals surface area contributed by atoms with Crippen molar-refractivity contribution in [3.8, 4) is 23.6 Å². The van der Waals surface area contributed by atoms with E-state index < -0.39 is 17.7 Å². The van der Waals surface area contributed by atoms with Crippen molar-refractivity contribution in [1.82, 2.24) is 19.5 Å². The van der Waals surface area contributed by atoms with Crippen LogP contribution in [0.3, 0.4) is 0 Å². The van der Waals surface area contributed by atoms with E-state index in [0.29, 0.717) is 49.2 Å². The van der Waals surface area contributed by atoms with Crippen LogP contribution >= 0.6 is 0 Å². The molecule has 7 nitrogen and oxygen atoms in total. The van der Waals surface area contributed by atoms with Gasteiger partial charge in [-0.1, -0.05) is 12.8 Å². The Bertz CT molecular complexity index is 1240. The predicted molar refractivity (Wildman–Crippen MR) is 115 cm³/mol. The van der Waals surface area contributed by atoms with Crippen LogP contribution in [0.15, 0.2) is 12.3 Å². The van der Waals surface area contributed by atoms with E-state index in [0.717, 1.165) is 11.8 Å². The first-order chi connectivity index (χ1) is 15.5. The zero-order valence-electron chi connectivity index (χ0n) is 17.6. The van der Waals surface area contributed by atoms with Gasteiger partial charge in [-0.3, -0.25) is 0 Å². The average Bonchev–Trinajstić information content (AvgIpc) is 3.20. The van der Waals surface area contributed by atoms with Gasteiger partial charge in [0.2, 0.25) is 5.95 Å². The van der Waals surface area contributed by atoms with Crippen molar-refractivity contribution in [1.29, 1.82) is 0 Å². The third-order valence-electron chi connectivity index (χ3n) is 6.22. The Morgan fingerprint density at radius 1 is 1.31 bits per heavy atom. The van der Waals surface area contributed by atoms with Gasteiger partial charge in [-0.15, -0.1) is 6.42 Å². The molecule has 0 spiro atoms. The molecule has 2 aliphatic heterocycles. The van der Waals surface area contributed by atoms with Gasteiger partial charge in [0, 0.05) is 18.6 Å². The first-order valence-electron chi connectivity index (χ1n) is 10.7. The molecule has 0 aliphatic carbocycles. The summed E-state index contributed by atoms with van der Waals surface area (Å²) < 4.78 is 37.2. The average molecular weight is 439 g/mol. The van der Waals surface area contributed by atoms with Crippen molar-refractivity contribution in [3.63, 3.8) is 0 Å². The van der Waals surface area contributed by atoms with Crippen LogP contribution in [0.1, 0.15) is 37.2 Å². The molecule has 4 heterocycles. The van der Waals surface area contributed by atoms with Crippen molar-refractivity contribution >= 4 is 17.0 Å². The molecule has 2 aromatic heterocycles. The molecule has 2 N–H and O–H groups in total. The van der Waals surface area contributed by atoms with Crippen molar-refractivity contribution in [2.24, 2.45) is 0 Å². The maximum atomic E-state index is 15.1. The number of anilines is 1. The molecule has 2 aliphatic rings. The number of ether oxygens (including phenoxy) is 1. The SMILES string of the molecule is C#C[C@@H]1CCc2c(-c3nc(NC4CCOC[C@H]4O)ncc3F)cc(F)c3nc(CC)n1c23. The maximum Gasteiger partial charge on any atom is 0.223 e. The minimum Gasteiger partial charge on any atom is -0.389 e. The molecular weight excluding hydrogens is 416 g/mol. The third kappa shape index (κ3) is 3.31. The normalized spacial score (nSPS) is 22.7. The number of aliphatic hydroxyl groups is 1. The van der Waals surface area contributed by atoms with E-state index >= 15 is 4.39 Å². The van der Waals surface area contributed by atoms with E-state index in [-0.39, 0.29) is 35.8 Å². The Morgan fingerprint density at radius 2 is 2.16 bits per heavy atom. The van der Waals surface area contributed by atoms with E-state index in [2.05, 4.69) is 26.2 Å². The quantitative estimate of drug-likeness (QED) is 0.608. The number of aromatic nitrogens is 4. The molecule has 1 saturated heterocycles. The van der Waals surface area contributed by atoms with E-state index in [1.165, 1.54) is 6.07 Å². The number of terminal acetylenes is 1. The predicted octanol–water partition coefficient (Wildman–Crippen LogP) is 3.02. The molecule has 0 saturated carbocycles. The van der Waals surface area contributed by atoms with Gasteiger partial charge in [-0.05, 0) is 30.9 Å². The largest absolute Gasteiger partial charge is 0.389 e. The highest BCUT2D eigenvalue weighted by molar-refractivity contribution is 5.88. The van der Waals surface area contributed by atoms with Gasteiger partial charge >= 0.3 is 0 Å². The van der Waals surface area contributed by atoms with Crippen molar-refractivity contribution < 1.29 is 18.6 Å². The Labute approximate surface area is 183 Å². The highest BCUT2D eigenvalue weighted by atomic mass is 19.1. The number of rotatable bonds is 4. The molecule has 1 unspecified atom stereocenters. The molecule has 0 radical (unpaired) electrons. The fourth-order valence-corrected chi connectivity index (χ4v) is 4.64. The molecule has 0 bridgehead atoms. The van der Waals surface area contributed by atoms with Crippen LogP contribution < -0.4 is 5.32 Å². The Hall–Kier alpha value is -3.09. The van der Waals surface area contributed by atoms with Crippen LogP contribution in [0, 0.1) is 24.0 Å². The summed E-state index contributed by atoms with van der Waals surface area (Å²) in [5.74, 6) is 2.45. The van der Waals surface area contributed by atoms with Gasteiger partial charge in [-0.2, -0.15) is 0 Å². The van der Waals surface area contributed by atoms with Crippen LogP contribution in [0.25, 0.3) is 22.3 Å². The number of halogens is 2. The van der Waals surface area contributed by atoms with Crippen molar-refractivity contribution in [2.75, 3.05) is 18.5 Å². The summed E-state index contributed by atoms with van der Waals surface area (Å²) in [7, 11) is 0. The number of hydrogen-bond donors (Lipinski definition) is 2. The zero-order chi connectivity index (χ0) is 22.4. The van der Waals surface area contributed by atoms with Crippen molar-refractivity contribution in [2.45, 2.75) is 50.8 Å². The van der Waals surface area contributed by atoms with Crippen molar-refractivity contribution in [3.05, 3.63) is 35.3 Å². The van der Waals surface area contributed by atoms with Gasteiger partial charge in [-0.25, -0.2) is 23.7 Å². The summed E-state index contributed by atoms with van der Waals surface area (Å²) in [6, 6.07) is 0.757. The second-order valence-electron chi connectivity index (χ2n) is 8.13. The molecule has 0 amide bonds. The summed E-state index contributed by atoms with van der Waals surface area (Å²) in [4.78, 5) is 12.9. The number of nitrogens with one attached hydrogen (secondary N) is 1. The van der Waals surface area contributed by atoms with E-state index in [9.17, 15) is 9.50 Å². The van der Waals surface area contributed by atoms with Crippen LogP contribution in [-0.4, -0.2) is 50.0 Å². The number of nitrogens with zero attached hydrogens (tertiary/aromatic N) is 4. The lowest BCUT2D eigenvalue weighted by molar-refractivity contribution is -0.0136. The molecule has 166 valence electrons. The fraction of sp³-hybridized carbons (Fsp3) is 0.435. The van der Waals surface area contributed by atoms with Crippen LogP contribution in [0.4, 0.5) is 14.7 Å². The molecule has 9 heteroatoms. The van der Waals surface area contributed by atoms with Gasteiger partial charge in [0.15, 0.2) is 11.6 Å². The maximum absolute atomic E-state index is 15.1. The molecule has 5 rings (SSSR count). The van der Waals surface area contributed by atoms with Crippen LogP contribution in [0.2, 0.25) is 0 Å². The number of aliphatic hydroxyl groups excluding tert-OH is 1. The minimum atomic E-state index is -0.724. The first-order valence-corrected chi connectivity index (χ1v) is 10.7. The number of benzene rings is 1. The van der Waals surface area contributed by atoms with Crippen LogP contribution in [-0.2, 0) is 17.6 Å². The van der Waals surface area contributed by atoms with E-state index in [4.69, 9.17) is 11.2 Å². The summed E-state index contributed by atoms with van der Waals surface area (Å²) in [6.07, 6.45) is 8.45. The Balaban J connectivity index is 1.64. The second-order valence-corrected chi connectivity index (χ2v) is 8.13. The topological polar surface area (TPSA) is 85.1 Å². The number of imidazole rings is 1. The smallest absolute Gasteiger partial charge is 0.223 e. The van der Waals surface area contributed by atoms with E-state index in [1.54, 1.807) is 0 Å².